The minimum absolute atomic E-state index is 0.0527. The molecule has 2 amide bonds. The largest absolute Gasteiger partial charge is 0.465 e. The van der Waals surface area contributed by atoms with Crippen molar-refractivity contribution < 1.29 is 24.2 Å². The van der Waals surface area contributed by atoms with Crippen LogP contribution in [0.4, 0.5) is 20.6 Å². The van der Waals surface area contributed by atoms with Crippen LogP contribution in [-0.2, 0) is 11.3 Å². The minimum atomic E-state index is -1.18. The molecule has 0 aliphatic carbocycles. The molecule has 4 rings (SSSR count). The Morgan fingerprint density at radius 3 is 2.41 bits per heavy atom. The summed E-state index contributed by atoms with van der Waals surface area (Å²) in [7, 11) is 0. The molecule has 0 saturated heterocycles. The third-order valence-electron chi connectivity index (χ3n) is 5.69. The molecule has 9 heteroatoms. The van der Waals surface area contributed by atoms with Gasteiger partial charge < -0.3 is 15.1 Å². The van der Waals surface area contributed by atoms with Crippen LogP contribution in [0.2, 0.25) is 0 Å². The quantitative estimate of drug-likeness (QED) is 0.648. The Morgan fingerprint density at radius 2 is 1.78 bits per heavy atom. The fraction of sp³-hybridized carbons (Fsp3) is 0.261. The van der Waals surface area contributed by atoms with Gasteiger partial charge in [0.2, 0.25) is 5.91 Å². The first kappa shape index (κ1) is 21.5. The van der Waals surface area contributed by atoms with Crippen molar-refractivity contribution in [2.75, 3.05) is 16.4 Å². The maximum Gasteiger partial charge on any atom is 0.412 e. The molecule has 0 bridgehead atoms. The normalized spacial score (nSPS) is 17.9. The summed E-state index contributed by atoms with van der Waals surface area (Å²) in [5.41, 5.74) is 2.89. The molecule has 2 atom stereocenters. The van der Waals surface area contributed by atoms with Crippen molar-refractivity contribution in [3.05, 3.63) is 66.2 Å². The van der Waals surface area contributed by atoms with Gasteiger partial charge in [-0.25, -0.2) is 9.18 Å². The standard InChI is InChI=1S/C23H23FN4O4/c1-14-22(16-3-6-19(24)7-4-16)28(23(31)32)21-11-17(5-8-20(21)27(14)15(2)30)18-12-25-26(13-18)9-10-29/h3-8,11-14,22,29H,9-10H2,1-2H3,(H,31,32)/t14-,22?/m0/s1. The van der Waals surface area contributed by atoms with E-state index in [4.69, 9.17) is 5.11 Å². The van der Waals surface area contributed by atoms with E-state index >= 15 is 0 Å². The highest BCUT2D eigenvalue weighted by Gasteiger charge is 2.42. The van der Waals surface area contributed by atoms with Gasteiger partial charge in [0.25, 0.3) is 0 Å². The van der Waals surface area contributed by atoms with Crippen molar-refractivity contribution in [1.29, 1.82) is 0 Å². The Bertz CT molecular complexity index is 1160. The Kier molecular flexibility index (Phi) is 5.67. The number of carboxylic acid groups (broad SMARTS) is 1. The topological polar surface area (TPSA) is 98.9 Å². The monoisotopic (exact) mass is 438 g/mol. The van der Waals surface area contributed by atoms with E-state index in [0.29, 0.717) is 23.5 Å². The first-order valence-electron chi connectivity index (χ1n) is 10.2. The molecular weight excluding hydrogens is 415 g/mol. The van der Waals surface area contributed by atoms with Gasteiger partial charge in [-0.3, -0.25) is 14.4 Å². The van der Waals surface area contributed by atoms with Crippen molar-refractivity contribution >= 4 is 23.4 Å². The second-order valence-electron chi connectivity index (χ2n) is 7.70. The zero-order valence-electron chi connectivity index (χ0n) is 17.6. The molecule has 2 aromatic carbocycles. The average Bonchev–Trinajstić information content (AvgIpc) is 3.22. The van der Waals surface area contributed by atoms with Gasteiger partial charge >= 0.3 is 6.09 Å². The number of aliphatic hydroxyl groups excluding tert-OH is 1. The van der Waals surface area contributed by atoms with Crippen LogP contribution in [0.5, 0.6) is 0 Å². The van der Waals surface area contributed by atoms with Gasteiger partial charge in [-0.1, -0.05) is 18.2 Å². The molecule has 1 unspecified atom stereocenters. The van der Waals surface area contributed by atoms with Crippen molar-refractivity contribution in [1.82, 2.24) is 9.78 Å². The fourth-order valence-electron chi connectivity index (χ4n) is 4.33. The molecule has 8 nitrogen and oxygen atoms in total. The molecular formula is C23H23FN4O4. The van der Waals surface area contributed by atoms with E-state index < -0.39 is 24.0 Å². The zero-order chi connectivity index (χ0) is 23.0. The highest BCUT2D eigenvalue weighted by atomic mass is 19.1. The highest BCUT2D eigenvalue weighted by Crippen LogP contribution is 2.46. The number of benzene rings is 2. The third kappa shape index (κ3) is 3.71. The molecule has 0 fully saturated rings. The molecule has 166 valence electrons. The van der Waals surface area contributed by atoms with E-state index in [2.05, 4.69) is 5.10 Å². The van der Waals surface area contributed by atoms with Crippen LogP contribution in [0.1, 0.15) is 25.5 Å². The van der Waals surface area contributed by atoms with Crippen LogP contribution in [0.25, 0.3) is 11.1 Å². The van der Waals surface area contributed by atoms with Gasteiger partial charge in [0.15, 0.2) is 0 Å². The molecule has 3 aromatic rings. The van der Waals surface area contributed by atoms with Crippen molar-refractivity contribution in [3.8, 4) is 11.1 Å². The van der Waals surface area contributed by atoms with Crippen LogP contribution < -0.4 is 9.80 Å². The van der Waals surface area contributed by atoms with Crippen LogP contribution in [0, 0.1) is 5.82 Å². The maximum absolute atomic E-state index is 13.5. The number of fused-ring (bicyclic) bond motifs is 1. The lowest BCUT2D eigenvalue weighted by Gasteiger charge is -2.46. The SMILES string of the molecule is CC(=O)N1c2ccc(-c3cnn(CCO)c3)cc2N(C(=O)O)C(c2ccc(F)cc2)[C@@H]1C. The second-order valence-corrected chi connectivity index (χ2v) is 7.70. The third-order valence-corrected chi connectivity index (χ3v) is 5.69. The van der Waals surface area contributed by atoms with Gasteiger partial charge in [0.05, 0.1) is 42.8 Å². The summed E-state index contributed by atoms with van der Waals surface area (Å²) >= 11 is 0. The zero-order valence-corrected chi connectivity index (χ0v) is 17.6. The number of amides is 2. The number of aliphatic hydroxyl groups is 1. The number of carbonyl (C=O) groups is 2. The summed E-state index contributed by atoms with van der Waals surface area (Å²) in [6.07, 6.45) is 2.21. The summed E-state index contributed by atoms with van der Waals surface area (Å²) in [4.78, 5) is 27.8. The summed E-state index contributed by atoms with van der Waals surface area (Å²) in [6, 6.07) is 9.64. The Hall–Kier alpha value is -3.72. The molecule has 1 aliphatic rings. The molecule has 32 heavy (non-hydrogen) atoms. The van der Waals surface area contributed by atoms with E-state index in [0.717, 1.165) is 11.1 Å². The number of nitrogens with zero attached hydrogens (tertiary/aromatic N) is 4. The van der Waals surface area contributed by atoms with Crippen LogP contribution in [0.15, 0.2) is 54.9 Å². The van der Waals surface area contributed by atoms with Gasteiger partial charge in [0, 0.05) is 18.7 Å². The van der Waals surface area contributed by atoms with Gasteiger partial charge in [-0.15, -0.1) is 0 Å². The summed E-state index contributed by atoms with van der Waals surface area (Å²) in [6.45, 7) is 3.50. The predicted molar refractivity (Wildman–Crippen MR) is 117 cm³/mol. The number of aromatic nitrogens is 2. The van der Waals surface area contributed by atoms with Crippen LogP contribution >= 0.6 is 0 Å². The number of anilines is 2. The number of hydrogen-bond donors (Lipinski definition) is 2. The van der Waals surface area contributed by atoms with Crippen molar-refractivity contribution in [2.45, 2.75) is 32.5 Å². The number of carbonyl (C=O) groups excluding carboxylic acids is 1. The van der Waals surface area contributed by atoms with Crippen LogP contribution in [0.3, 0.4) is 0 Å². The van der Waals surface area contributed by atoms with E-state index in [9.17, 15) is 19.1 Å². The average molecular weight is 438 g/mol. The highest BCUT2D eigenvalue weighted by molar-refractivity contribution is 6.03. The first-order valence-corrected chi connectivity index (χ1v) is 10.2. The van der Waals surface area contributed by atoms with Gasteiger partial charge in [-0.05, 0) is 42.3 Å². The molecule has 0 saturated carbocycles. The Labute approximate surface area is 184 Å². The van der Waals surface area contributed by atoms with E-state index in [1.54, 1.807) is 59.2 Å². The lowest BCUT2D eigenvalue weighted by Crippen LogP contribution is -2.53. The van der Waals surface area contributed by atoms with Gasteiger partial charge in [-0.2, -0.15) is 5.10 Å². The molecule has 0 radical (unpaired) electrons. The first-order chi connectivity index (χ1) is 15.3. The minimum Gasteiger partial charge on any atom is -0.465 e. The smallest absolute Gasteiger partial charge is 0.412 e. The maximum atomic E-state index is 13.5. The van der Waals surface area contributed by atoms with E-state index in [-0.39, 0.29) is 12.5 Å². The summed E-state index contributed by atoms with van der Waals surface area (Å²) in [5, 5.41) is 23.5. The number of hydrogen-bond acceptors (Lipinski definition) is 4. The van der Waals surface area contributed by atoms with Crippen molar-refractivity contribution in [3.63, 3.8) is 0 Å². The van der Waals surface area contributed by atoms with Crippen LogP contribution in [-0.4, -0.2) is 44.6 Å². The van der Waals surface area contributed by atoms with E-state index in [1.165, 1.54) is 24.0 Å². The van der Waals surface area contributed by atoms with E-state index in [1.807, 2.05) is 0 Å². The lowest BCUT2D eigenvalue weighted by molar-refractivity contribution is -0.117. The molecule has 0 spiro atoms. The lowest BCUT2D eigenvalue weighted by atomic mass is 9.92. The summed E-state index contributed by atoms with van der Waals surface area (Å²) in [5.74, 6) is -0.649. The number of halogens is 1. The fourth-order valence-corrected chi connectivity index (χ4v) is 4.33. The van der Waals surface area contributed by atoms with Crippen molar-refractivity contribution in [2.24, 2.45) is 0 Å². The molecule has 1 aliphatic heterocycles. The second kappa shape index (κ2) is 8.43. The summed E-state index contributed by atoms with van der Waals surface area (Å²) < 4.78 is 15.1. The Balaban J connectivity index is 1.88. The molecule has 2 heterocycles. The Morgan fingerprint density at radius 1 is 1.06 bits per heavy atom. The molecule has 1 aromatic heterocycles. The van der Waals surface area contributed by atoms with Gasteiger partial charge in [0.1, 0.15) is 5.82 Å². The number of rotatable bonds is 4. The predicted octanol–water partition coefficient (Wildman–Crippen LogP) is 3.66. The molecule has 2 N–H and O–H groups in total.